The highest BCUT2D eigenvalue weighted by molar-refractivity contribution is 7.99. The second kappa shape index (κ2) is 3.54. The molecule has 1 aliphatic heterocycles. The van der Waals surface area contributed by atoms with Crippen molar-refractivity contribution in [2.45, 2.75) is 30.6 Å². The predicted octanol–water partition coefficient (Wildman–Crippen LogP) is 3.84. The largest absolute Gasteiger partial charge is 0.270 e. The van der Waals surface area contributed by atoms with Crippen molar-refractivity contribution in [2.75, 3.05) is 5.75 Å². The molecule has 1 heterocycles. The third-order valence-corrected chi connectivity index (χ3v) is 3.62. The van der Waals surface area contributed by atoms with Crippen molar-refractivity contribution in [1.82, 2.24) is 0 Å². The predicted molar refractivity (Wildman–Crippen MR) is 55.1 cm³/mol. The Morgan fingerprint density at radius 2 is 2.14 bits per heavy atom. The molecule has 0 spiro atoms. The van der Waals surface area contributed by atoms with Crippen molar-refractivity contribution in [2.24, 2.45) is 0 Å². The first kappa shape index (κ1) is 9.97. The third kappa shape index (κ3) is 1.92. The Morgan fingerprint density at radius 3 is 2.86 bits per heavy atom. The zero-order chi connectivity index (χ0) is 10.2. The van der Waals surface area contributed by atoms with Gasteiger partial charge in [-0.05, 0) is 36.3 Å². The SMILES string of the molecule is CC(F)(F)c1ccc2c(c1)CCCS2. The summed E-state index contributed by atoms with van der Waals surface area (Å²) in [6, 6.07) is 5.02. The Labute approximate surface area is 86.7 Å². The molecular formula is C11H12F2S. The normalized spacial score (nSPS) is 16.5. The van der Waals surface area contributed by atoms with Gasteiger partial charge in [0.1, 0.15) is 0 Å². The fourth-order valence-corrected chi connectivity index (χ4v) is 2.65. The minimum atomic E-state index is -2.71. The Bertz CT molecular complexity index is 342. The highest BCUT2D eigenvalue weighted by Crippen LogP contribution is 2.34. The number of thioether (sulfide) groups is 1. The van der Waals surface area contributed by atoms with Crippen LogP contribution in [-0.2, 0) is 12.3 Å². The summed E-state index contributed by atoms with van der Waals surface area (Å²) in [5.74, 6) is -1.61. The monoisotopic (exact) mass is 214 g/mol. The van der Waals surface area contributed by atoms with Gasteiger partial charge in [-0.15, -0.1) is 11.8 Å². The van der Waals surface area contributed by atoms with Crippen LogP contribution < -0.4 is 0 Å². The molecule has 0 atom stereocenters. The summed E-state index contributed by atoms with van der Waals surface area (Å²) in [5.41, 5.74) is 1.22. The minimum Gasteiger partial charge on any atom is -0.202 e. The first-order valence-corrected chi connectivity index (χ1v) is 5.70. The van der Waals surface area contributed by atoms with Crippen LogP contribution in [0.25, 0.3) is 0 Å². The Hall–Kier alpha value is -0.570. The van der Waals surface area contributed by atoms with E-state index in [1.165, 1.54) is 11.0 Å². The van der Waals surface area contributed by atoms with Crippen molar-refractivity contribution >= 4 is 11.8 Å². The first-order valence-electron chi connectivity index (χ1n) is 4.71. The van der Waals surface area contributed by atoms with Crippen LogP contribution in [0.4, 0.5) is 8.78 Å². The molecular weight excluding hydrogens is 202 g/mol. The molecule has 0 radical (unpaired) electrons. The molecule has 0 nitrogen and oxygen atoms in total. The van der Waals surface area contributed by atoms with Gasteiger partial charge in [0, 0.05) is 17.4 Å². The van der Waals surface area contributed by atoms with E-state index in [1.807, 2.05) is 6.07 Å². The topological polar surface area (TPSA) is 0 Å². The van der Waals surface area contributed by atoms with Crippen molar-refractivity contribution in [3.8, 4) is 0 Å². The molecule has 0 fully saturated rings. The zero-order valence-corrected chi connectivity index (χ0v) is 8.83. The smallest absolute Gasteiger partial charge is 0.202 e. The number of halogens is 2. The van der Waals surface area contributed by atoms with Gasteiger partial charge in [0.15, 0.2) is 0 Å². The molecule has 76 valence electrons. The molecule has 3 heteroatoms. The Morgan fingerprint density at radius 1 is 1.36 bits per heavy atom. The summed E-state index contributed by atoms with van der Waals surface area (Å²) >= 11 is 1.76. The fraction of sp³-hybridized carbons (Fsp3) is 0.455. The molecule has 1 aromatic rings. The minimum absolute atomic E-state index is 0.138. The van der Waals surface area contributed by atoms with Gasteiger partial charge in [0.2, 0.25) is 0 Å². The lowest BCUT2D eigenvalue weighted by molar-refractivity contribution is 0.0173. The lowest BCUT2D eigenvalue weighted by atomic mass is 10.0. The number of hydrogen-bond acceptors (Lipinski definition) is 1. The molecule has 0 amide bonds. The van der Waals surface area contributed by atoms with Crippen LogP contribution in [0.2, 0.25) is 0 Å². The molecule has 0 unspecified atom stereocenters. The van der Waals surface area contributed by atoms with Crippen LogP contribution in [0.3, 0.4) is 0 Å². The molecule has 14 heavy (non-hydrogen) atoms. The van der Waals surface area contributed by atoms with E-state index in [2.05, 4.69) is 0 Å². The van der Waals surface area contributed by atoms with Crippen LogP contribution in [-0.4, -0.2) is 5.75 Å². The van der Waals surface area contributed by atoms with Crippen LogP contribution in [0, 0.1) is 0 Å². The average Bonchev–Trinajstić information content (AvgIpc) is 2.16. The number of aryl methyl sites for hydroxylation is 1. The van der Waals surface area contributed by atoms with Gasteiger partial charge in [-0.25, -0.2) is 8.78 Å². The number of hydrogen-bond donors (Lipinski definition) is 0. The van der Waals surface area contributed by atoms with Crippen molar-refractivity contribution in [1.29, 1.82) is 0 Å². The summed E-state index contributed by atoms with van der Waals surface area (Å²) in [6.07, 6.45) is 2.03. The van der Waals surface area contributed by atoms with Gasteiger partial charge in [-0.2, -0.15) is 0 Å². The van der Waals surface area contributed by atoms with E-state index in [9.17, 15) is 8.78 Å². The van der Waals surface area contributed by atoms with Gasteiger partial charge in [0.25, 0.3) is 5.92 Å². The number of benzene rings is 1. The first-order chi connectivity index (χ1) is 6.57. The van der Waals surface area contributed by atoms with Crippen molar-refractivity contribution < 1.29 is 8.78 Å². The molecule has 2 rings (SSSR count). The van der Waals surface area contributed by atoms with E-state index < -0.39 is 5.92 Å². The number of rotatable bonds is 1. The lowest BCUT2D eigenvalue weighted by Gasteiger charge is -2.18. The Balaban J connectivity index is 2.39. The molecule has 1 aromatic carbocycles. The second-order valence-corrected chi connectivity index (χ2v) is 4.80. The van der Waals surface area contributed by atoms with E-state index in [0.717, 1.165) is 31.1 Å². The molecule has 0 saturated carbocycles. The highest BCUT2D eigenvalue weighted by Gasteiger charge is 2.25. The van der Waals surface area contributed by atoms with E-state index in [1.54, 1.807) is 17.8 Å². The zero-order valence-electron chi connectivity index (χ0n) is 8.02. The maximum atomic E-state index is 13.0. The van der Waals surface area contributed by atoms with Crippen molar-refractivity contribution in [3.63, 3.8) is 0 Å². The van der Waals surface area contributed by atoms with E-state index in [4.69, 9.17) is 0 Å². The molecule has 0 N–H and O–H groups in total. The van der Waals surface area contributed by atoms with Gasteiger partial charge >= 0.3 is 0 Å². The van der Waals surface area contributed by atoms with Crippen LogP contribution in [0.15, 0.2) is 23.1 Å². The quantitative estimate of drug-likeness (QED) is 0.684. The van der Waals surface area contributed by atoms with Gasteiger partial charge in [-0.3, -0.25) is 0 Å². The van der Waals surface area contributed by atoms with E-state index in [-0.39, 0.29) is 5.56 Å². The van der Waals surface area contributed by atoms with Gasteiger partial charge in [0.05, 0.1) is 0 Å². The van der Waals surface area contributed by atoms with E-state index >= 15 is 0 Å². The molecule has 0 aliphatic carbocycles. The maximum absolute atomic E-state index is 13.0. The summed E-state index contributed by atoms with van der Waals surface area (Å²) in [7, 11) is 0. The summed E-state index contributed by atoms with van der Waals surface area (Å²) in [6.45, 7) is 0.949. The molecule has 0 bridgehead atoms. The number of alkyl halides is 2. The van der Waals surface area contributed by atoms with Gasteiger partial charge in [-0.1, -0.05) is 6.07 Å². The van der Waals surface area contributed by atoms with Crippen LogP contribution >= 0.6 is 11.8 Å². The highest BCUT2D eigenvalue weighted by atomic mass is 32.2. The third-order valence-electron chi connectivity index (χ3n) is 2.42. The maximum Gasteiger partial charge on any atom is 0.270 e. The molecule has 1 aliphatic rings. The molecule has 0 saturated heterocycles. The summed E-state index contributed by atoms with van der Waals surface area (Å²) < 4.78 is 26.0. The standard InChI is InChI=1S/C11H12F2S/c1-11(12,13)9-4-5-10-8(7-9)3-2-6-14-10/h4-5,7H,2-3,6H2,1H3. The average molecular weight is 214 g/mol. The van der Waals surface area contributed by atoms with Gasteiger partial charge < -0.3 is 0 Å². The second-order valence-electron chi connectivity index (χ2n) is 3.66. The Kier molecular flexibility index (Phi) is 2.52. The van der Waals surface area contributed by atoms with Crippen molar-refractivity contribution in [3.05, 3.63) is 29.3 Å². The lowest BCUT2D eigenvalue weighted by Crippen LogP contribution is -2.09. The van der Waals surface area contributed by atoms with E-state index in [0.29, 0.717) is 0 Å². The van der Waals surface area contributed by atoms with Crippen LogP contribution in [0.1, 0.15) is 24.5 Å². The number of fused-ring (bicyclic) bond motifs is 1. The summed E-state index contributed by atoms with van der Waals surface area (Å²) in [4.78, 5) is 1.17. The molecule has 0 aromatic heterocycles. The summed E-state index contributed by atoms with van der Waals surface area (Å²) in [5, 5.41) is 0. The van der Waals surface area contributed by atoms with Crippen LogP contribution in [0.5, 0.6) is 0 Å². The fourth-order valence-electron chi connectivity index (χ4n) is 1.63.